The lowest BCUT2D eigenvalue weighted by molar-refractivity contribution is -0.118. The van der Waals surface area contributed by atoms with E-state index in [0.717, 1.165) is 26.1 Å². The standard InChI is InChI=1S/C15H22N2O4.ClH/c1-19-14-3-2-11(10-13(14)16)17-15(18)6-9-21-12-4-7-20-8-5-12;/h2-3,10,12H,4-9,16H2,1H3,(H,17,18);1H. The molecule has 1 aromatic rings. The maximum Gasteiger partial charge on any atom is 0.226 e. The second-order valence-corrected chi connectivity index (χ2v) is 4.94. The molecule has 2 rings (SSSR count). The lowest BCUT2D eigenvalue weighted by atomic mass is 10.1. The van der Waals surface area contributed by atoms with Gasteiger partial charge in [0.1, 0.15) is 5.75 Å². The van der Waals surface area contributed by atoms with Crippen LogP contribution in [0.3, 0.4) is 0 Å². The zero-order valence-electron chi connectivity index (χ0n) is 12.7. The number of ether oxygens (including phenoxy) is 3. The Labute approximate surface area is 136 Å². The number of methoxy groups -OCH3 is 1. The zero-order valence-corrected chi connectivity index (χ0v) is 13.5. The highest BCUT2D eigenvalue weighted by Gasteiger charge is 2.14. The molecule has 1 heterocycles. The Balaban J connectivity index is 0.00000242. The molecule has 7 heteroatoms. The van der Waals surface area contributed by atoms with E-state index < -0.39 is 0 Å². The van der Waals surface area contributed by atoms with Crippen LogP contribution in [-0.2, 0) is 14.3 Å². The second kappa shape index (κ2) is 9.50. The molecule has 124 valence electrons. The number of nitrogen functional groups attached to an aromatic ring is 1. The number of nitrogens with two attached hydrogens (primary N) is 1. The summed E-state index contributed by atoms with van der Waals surface area (Å²) in [4.78, 5) is 11.8. The normalized spacial score (nSPS) is 15.0. The molecule has 1 aliphatic rings. The molecular formula is C15H23ClN2O4. The van der Waals surface area contributed by atoms with Crippen LogP contribution in [0, 0.1) is 0 Å². The van der Waals surface area contributed by atoms with Crippen LogP contribution in [0.5, 0.6) is 5.75 Å². The molecule has 3 N–H and O–H groups in total. The average molecular weight is 331 g/mol. The first-order chi connectivity index (χ1) is 10.2. The minimum absolute atomic E-state index is 0. The predicted molar refractivity (Wildman–Crippen MR) is 87.7 cm³/mol. The smallest absolute Gasteiger partial charge is 0.226 e. The lowest BCUT2D eigenvalue weighted by Gasteiger charge is -2.22. The largest absolute Gasteiger partial charge is 0.495 e. The summed E-state index contributed by atoms with van der Waals surface area (Å²) in [5, 5.41) is 2.79. The lowest BCUT2D eigenvalue weighted by Crippen LogP contribution is -2.25. The molecule has 0 spiro atoms. The van der Waals surface area contributed by atoms with Gasteiger partial charge in [-0.15, -0.1) is 12.4 Å². The molecule has 0 radical (unpaired) electrons. The summed E-state index contributed by atoms with van der Waals surface area (Å²) in [5.41, 5.74) is 6.94. The first-order valence-corrected chi connectivity index (χ1v) is 7.11. The molecule has 0 unspecified atom stereocenters. The maximum absolute atomic E-state index is 11.8. The van der Waals surface area contributed by atoms with Crippen molar-refractivity contribution in [2.75, 3.05) is 38.0 Å². The summed E-state index contributed by atoms with van der Waals surface area (Å²) in [6.07, 6.45) is 2.33. The molecule has 0 atom stereocenters. The first kappa shape index (κ1) is 18.5. The number of rotatable bonds is 6. The van der Waals surface area contributed by atoms with E-state index in [4.69, 9.17) is 19.9 Å². The number of nitrogens with one attached hydrogen (secondary N) is 1. The number of carbonyl (C=O) groups is 1. The van der Waals surface area contributed by atoms with Crippen molar-refractivity contribution < 1.29 is 19.0 Å². The Morgan fingerprint density at radius 3 is 2.77 bits per heavy atom. The number of amides is 1. The van der Waals surface area contributed by atoms with E-state index in [0.29, 0.717) is 30.2 Å². The SMILES string of the molecule is COc1ccc(NC(=O)CCOC2CCOCC2)cc1N.Cl. The highest BCUT2D eigenvalue weighted by Crippen LogP contribution is 2.24. The number of halogens is 1. The molecule has 0 saturated carbocycles. The zero-order chi connectivity index (χ0) is 15.1. The quantitative estimate of drug-likeness (QED) is 0.781. The Kier molecular flexibility index (Phi) is 8.01. The molecule has 0 bridgehead atoms. The summed E-state index contributed by atoms with van der Waals surface area (Å²) in [6.45, 7) is 1.89. The van der Waals surface area contributed by atoms with Gasteiger partial charge in [-0.25, -0.2) is 0 Å². The van der Waals surface area contributed by atoms with Gasteiger partial charge in [-0.05, 0) is 31.0 Å². The second-order valence-electron chi connectivity index (χ2n) is 4.94. The van der Waals surface area contributed by atoms with Crippen LogP contribution >= 0.6 is 12.4 Å². The highest BCUT2D eigenvalue weighted by molar-refractivity contribution is 5.91. The number of anilines is 2. The van der Waals surface area contributed by atoms with Crippen molar-refractivity contribution in [2.45, 2.75) is 25.4 Å². The topological polar surface area (TPSA) is 82.8 Å². The van der Waals surface area contributed by atoms with Crippen molar-refractivity contribution in [1.82, 2.24) is 0 Å². The summed E-state index contributed by atoms with van der Waals surface area (Å²) in [5.74, 6) is 0.502. The first-order valence-electron chi connectivity index (χ1n) is 7.11. The van der Waals surface area contributed by atoms with E-state index in [2.05, 4.69) is 5.32 Å². The van der Waals surface area contributed by atoms with Crippen LogP contribution in [0.25, 0.3) is 0 Å². The fourth-order valence-electron chi connectivity index (χ4n) is 2.20. The van der Waals surface area contributed by atoms with Crippen molar-refractivity contribution in [3.63, 3.8) is 0 Å². The van der Waals surface area contributed by atoms with Crippen molar-refractivity contribution in [2.24, 2.45) is 0 Å². The fourth-order valence-corrected chi connectivity index (χ4v) is 2.20. The number of benzene rings is 1. The Morgan fingerprint density at radius 1 is 1.41 bits per heavy atom. The van der Waals surface area contributed by atoms with Gasteiger partial charge in [0.15, 0.2) is 0 Å². The third-order valence-corrected chi connectivity index (χ3v) is 3.36. The summed E-state index contributed by atoms with van der Waals surface area (Å²) < 4.78 is 16.0. The third-order valence-electron chi connectivity index (χ3n) is 3.36. The number of carbonyl (C=O) groups excluding carboxylic acids is 1. The van der Waals surface area contributed by atoms with Crippen molar-refractivity contribution in [3.05, 3.63) is 18.2 Å². The summed E-state index contributed by atoms with van der Waals surface area (Å²) in [6, 6.07) is 5.16. The Hall–Kier alpha value is -1.50. The van der Waals surface area contributed by atoms with Gasteiger partial charge in [0.2, 0.25) is 5.91 Å². The third kappa shape index (κ3) is 5.71. The minimum atomic E-state index is -0.0911. The van der Waals surface area contributed by atoms with Crippen LogP contribution in [-0.4, -0.2) is 38.9 Å². The van der Waals surface area contributed by atoms with Gasteiger partial charge in [-0.2, -0.15) is 0 Å². The van der Waals surface area contributed by atoms with Gasteiger partial charge in [0.05, 0.1) is 31.9 Å². The van der Waals surface area contributed by atoms with Crippen molar-refractivity contribution >= 4 is 29.7 Å². The summed E-state index contributed by atoms with van der Waals surface area (Å²) in [7, 11) is 1.55. The Morgan fingerprint density at radius 2 is 2.14 bits per heavy atom. The van der Waals surface area contributed by atoms with Gasteiger partial charge in [0.25, 0.3) is 0 Å². The fraction of sp³-hybridized carbons (Fsp3) is 0.533. The van der Waals surface area contributed by atoms with Gasteiger partial charge in [0, 0.05) is 18.9 Å². The van der Waals surface area contributed by atoms with Crippen LogP contribution < -0.4 is 15.8 Å². The monoisotopic (exact) mass is 330 g/mol. The van der Waals surface area contributed by atoms with E-state index in [9.17, 15) is 4.79 Å². The van der Waals surface area contributed by atoms with Gasteiger partial charge < -0.3 is 25.3 Å². The van der Waals surface area contributed by atoms with Gasteiger partial charge >= 0.3 is 0 Å². The minimum Gasteiger partial charge on any atom is -0.495 e. The number of hydrogen-bond donors (Lipinski definition) is 2. The molecule has 22 heavy (non-hydrogen) atoms. The van der Waals surface area contributed by atoms with E-state index in [1.165, 1.54) is 0 Å². The summed E-state index contributed by atoms with van der Waals surface area (Å²) >= 11 is 0. The molecule has 0 aromatic heterocycles. The van der Waals surface area contributed by atoms with Crippen LogP contribution in [0.15, 0.2) is 18.2 Å². The van der Waals surface area contributed by atoms with Crippen LogP contribution in [0.2, 0.25) is 0 Å². The molecule has 1 aromatic carbocycles. The molecule has 1 amide bonds. The molecular weight excluding hydrogens is 308 g/mol. The van der Waals surface area contributed by atoms with E-state index in [1.54, 1.807) is 25.3 Å². The maximum atomic E-state index is 11.8. The van der Waals surface area contributed by atoms with Crippen LogP contribution in [0.4, 0.5) is 11.4 Å². The molecule has 1 fully saturated rings. The van der Waals surface area contributed by atoms with E-state index in [-0.39, 0.29) is 24.4 Å². The van der Waals surface area contributed by atoms with Crippen LogP contribution in [0.1, 0.15) is 19.3 Å². The van der Waals surface area contributed by atoms with Gasteiger partial charge in [-0.1, -0.05) is 0 Å². The van der Waals surface area contributed by atoms with Crippen molar-refractivity contribution in [1.29, 1.82) is 0 Å². The molecule has 0 aliphatic carbocycles. The van der Waals surface area contributed by atoms with E-state index in [1.807, 2.05) is 0 Å². The number of hydrogen-bond acceptors (Lipinski definition) is 5. The predicted octanol–water partition coefficient (Wildman–Crippen LogP) is 2.22. The van der Waals surface area contributed by atoms with Gasteiger partial charge in [-0.3, -0.25) is 4.79 Å². The Bertz CT molecular complexity index is 479. The molecule has 1 aliphatic heterocycles. The average Bonchev–Trinajstić information content (AvgIpc) is 2.48. The van der Waals surface area contributed by atoms with Crippen molar-refractivity contribution in [3.8, 4) is 5.75 Å². The highest BCUT2D eigenvalue weighted by atomic mass is 35.5. The van der Waals surface area contributed by atoms with E-state index >= 15 is 0 Å². The molecule has 1 saturated heterocycles. The molecule has 6 nitrogen and oxygen atoms in total.